The van der Waals surface area contributed by atoms with Crippen molar-refractivity contribution in [3.05, 3.63) is 34.3 Å². The highest BCUT2D eigenvalue weighted by Crippen LogP contribution is 2.14. The van der Waals surface area contributed by atoms with Crippen molar-refractivity contribution in [3.63, 3.8) is 0 Å². The minimum atomic E-state index is 0.466. The molecule has 0 heterocycles. The standard InChI is InChI=1S/C8H7ClN2O2/c9-8-2-1-6(4-10-12)3-7(8)5-11-13/h1-5,12-13H. The topological polar surface area (TPSA) is 65.2 Å². The fraction of sp³-hybridized carbons (Fsp3) is 0. The summed E-state index contributed by atoms with van der Waals surface area (Å²) in [5.74, 6) is 0. The van der Waals surface area contributed by atoms with E-state index in [0.717, 1.165) is 0 Å². The van der Waals surface area contributed by atoms with Gasteiger partial charge in [-0.1, -0.05) is 28.0 Å². The second-order valence-electron chi connectivity index (χ2n) is 2.27. The number of halogens is 1. The number of hydrogen-bond donors (Lipinski definition) is 2. The van der Waals surface area contributed by atoms with Gasteiger partial charge in [0.2, 0.25) is 0 Å². The van der Waals surface area contributed by atoms with Gasteiger partial charge in [0.25, 0.3) is 0 Å². The van der Waals surface area contributed by atoms with Gasteiger partial charge in [0, 0.05) is 10.6 Å². The van der Waals surface area contributed by atoms with Crippen molar-refractivity contribution in [1.82, 2.24) is 0 Å². The maximum Gasteiger partial charge on any atom is 0.0749 e. The maximum absolute atomic E-state index is 8.29. The molecule has 1 rings (SSSR count). The molecule has 0 fully saturated rings. The molecule has 1 aromatic rings. The third kappa shape index (κ3) is 2.45. The molecule has 2 N–H and O–H groups in total. The first-order chi connectivity index (χ1) is 6.27. The number of benzene rings is 1. The SMILES string of the molecule is ON=Cc1ccc(Cl)c(C=NO)c1. The third-order valence-corrected chi connectivity index (χ3v) is 1.77. The van der Waals surface area contributed by atoms with Crippen LogP contribution in [0.25, 0.3) is 0 Å². The first kappa shape index (κ1) is 9.54. The molecule has 0 amide bonds. The smallest absolute Gasteiger partial charge is 0.0749 e. The van der Waals surface area contributed by atoms with E-state index in [0.29, 0.717) is 16.1 Å². The van der Waals surface area contributed by atoms with Gasteiger partial charge in [-0.3, -0.25) is 0 Å². The van der Waals surface area contributed by atoms with Gasteiger partial charge in [-0.25, -0.2) is 0 Å². The van der Waals surface area contributed by atoms with Crippen LogP contribution in [0.5, 0.6) is 0 Å². The Morgan fingerprint density at radius 3 is 2.46 bits per heavy atom. The quantitative estimate of drug-likeness (QED) is 0.433. The molecule has 68 valence electrons. The Morgan fingerprint density at radius 1 is 1.15 bits per heavy atom. The lowest BCUT2D eigenvalue weighted by Crippen LogP contribution is -1.87. The molecule has 0 aromatic heterocycles. The summed E-state index contributed by atoms with van der Waals surface area (Å²) >= 11 is 5.77. The van der Waals surface area contributed by atoms with E-state index in [1.165, 1.54) is 12.4 Å². The Bertz CT molecular complexity index is 350. The van der Waals surface area contributed by atoms with Crippen molar-refractivity contribution in [2.75, 3.05) is 0 Å². The summed E-state index contributed by atoms with van der Waals surface area (Å²) in [6, 6.07) is 4.92. The number of oxime groups is 2. The highest BCUT2D eigenvalue weighted by atomic mass is 35.5. The summed E-state index contributed by atoms with van der Waals surface area (Å²) in [4.78, 5) is 0. The van der Waals surface area contributed by atoms with E-state index in [9.17, 15) is 0 Å². The fourth-order valence-corrected chi connectivity index (χ4v) is 1.04. The molecule has 0 spiro atoms. The summed E-state index contributed by atoms with van der Waals surface area (Å²) in [7, 11) is 0. The zero-order chi connectivity index (χ0) is 9.68. The number of rotatable bonds is 2. The molecule has 0 bridgehead atoms. The van der Waals surface area contributed by atoms with Crippen molar-refractivity contribution < 1.29 is 10.4 Å². The zero-order valence-corrected chi connectivity index (χ0v) is 7.31. The zero-order valence-electron chi connectivity index (χ0n) is 6.55. The summed E-state index contributed by atoms with van der Waals surface area (Å²) < 4.78 is 0. The molecule has 0 atom stereocenters. The molecule has 0 radical (unpaired) electrons. The minimum Gasteiger partial charge on any atom is -0.411 e. The fourth-order valence-electron chi connectivity index (χ4n) is 0.870. The minimum absolute atomic E-state index is 0.466. The van der Waals surface area contributed by atoms with Gasteiger partial charge in [-0.05, 0) is 17.7 Å². The molecule has 0 aliphatic carbocycles. The van der Waals surface area contributed by atoms with E-state index < -0.39 is 0 Å². The lowest BCUT2D eigenvalue weighted by molar-refractivity contribution is 0.322. The van der Waals surface area contributed by atoms with E-state index in [2.05, 4.69) is 10.3 Å². The van der Waals surface area contributed by atoms with Crippen LogP contribution in [-0.2, 0) is 0 Å². The molecular formula is C8H7ClN2O2. The van der Waals surface area contributed by atoms with Gasteiger partial charge in [0.1, 0.15) is 0 Å². The average Bonchev–Trinajstić information content (AvgIpc) is 2.12. The van der Waals surface area contributed by atoms with Crippen LogP contribution in [0.3, 0.4) is 0 Å². The van der Waals surface area contributed by atoms with E-state index in [4.69, 9.17) is 22.0 Å². The Balaban J connectivity index is 3.10. The summed E-state index contributed by atoms with van der Waals surface area (Å²) in [5, 5.41) is 22.7. The molecule has 0 aliphatic rings. The third-order valence-electron chi connectivity index (χ3n) is 1.42. The monoisotopic (exact) mass is 198 g/mol. The predicted octanol–water partition coefficient (Wildman–Crippen LogP) is 1.96. The Kier molecular flexibility index (Phi) is 3.28. The molecule has 5 heteroatoms. The van der Waals surface area contributed by atoms with Gasteiger partial charge >= 0.3 is 0 Å². The molecule has 0 saturated heterocycles. The van der Waals surface area contributed by atoms with E-state index in [1.54, 1.807) is 18.2 Å². The normalized spacial score (nSPS) is 11.5. The van der Waals surface area contributed by atoms with E-state index >= 15 is 0 Å². The Labute approximate surface area is 79.8 Å². The summed E-state index contributed by atoms with van der Waals surface area (Å²) in [5.41, 5.74) is 1.23. The van der Waals surface area contributed by atoms with Crippen LogP contribution < -0.4 is 0 Å². The Morgan fingerprint density at radius 2 is 1.85 bits per heavy atom. The van der Waals surface area contributed by atoms with Gasteiger partial charge in [-0.2, -0.15) is 0 Å². The van der Waals surface area contributed by atoms with Crippen LogP contribution in [0.4, 0.5) is 0 Å². The largest absolute Gasteiger partial charge is 0.411 e. The summed E-state index contributed by atoms with van der Waals surface area (Å²) in [6.07, 6.45) is 2.46. The molecular weight excluding hydrogens is 192 g/mol. The average molecular weight is 199 g/mol. The van der Waals surface area contributed by atoms with Crippen LogP contribution in [-0.4, -0.2) is 22.8 Å². The van der Waals surface area contributed by atoms with Crippen molar-refractivity contribution in [2.24, 2.45) is 10.3 Å². The van der Waals surface area contributed by atoms with Crippen LogP contribution in [0.2, 0.25) is 5.02 Å². The second-order valence-corrected chi connectivity index (χ2v) is 2.68. The lowest BCUT2D eigenvalue weighted by atomic mass is 10.1. The molecule has 13 heavy (non-hydrogen) atoms. The first-order valence-electron chi connectivity index (χ1n) is 3.42. The van der Waals surface area contributed by atoms with Gasteiger partial charge in [0.05, 0.1) is 12.4 Å². The van der Waals surface area contributed by atoms with Gasteiger partial charge < -0.3 is 10.4 Å². The van der Waals surface area contributed by atoms with Crippen LogP contribution in [0.1, 0.15) is 11.1 Å². The molecule has 0 aliphatic heterocycles. The van der Waals surface area contributed by atoms with Gasteiger partial charge in [-0.15, -0.1) is 0 Å². The molecule has 1 aromatic carbocycles. The highest BCUT2D eigenvalue weighted by Gasteiger charge is 1.98. The van der Waals surface area contributed by atoms with E-state index in [-0.39, 0.29) is 0 Å². The second kappa shape index (κ2) is 4.47. The van der Waals surface area contributed by atoms with Gasteiger partial charge in [0.15, 0.2) is 0 Å². The van der Waals surface area contributed by atoms with Crippen LogP contribution >= 0.6 is 11.6 Å². The lowest BCUT2D eigenvalue weighted by Gasteiger charge is -1.97. The number of hydrogen-bond acceptors (Lipinski definition) is 4. The van der Waals surface area contributed by atoms with Crippen molar-refractivity contribution >= 4 is 24.0 Å². The molecule has 0 unspecified atom stereocenters. The van der Waals surface area contributed by atoms with Crippen molar-refractivity contribution in [2.45, 2.75) is 0 Å². The molecule has 0 saturated carbocycles. The Hall–Kier alpha value is -1.55. The summed E-state index contributed by atoms with van der Waals surface area (Å²) in [6.45, 7) is 0. The van der Waals surface area contributed by atoms with Crippen molar-refractivity contribution in [1.29, 1.82) is 0 Å². The molecule has 4 nitrogen and oxygen atoms in total. The van der Waals surface area contributed by atoms with Crippen LogP contribution in [0.15, 0.2) is 28.5 Å². The number of nitrogens with zero attached hydrogens (tertiary/aromatic N) is 2. The first-order valence-corrected chi connectivity index (χ1v) is 3.80. The maximum atomic E-state index is 8.29. The predicted molar refractivity (Wildman–Crippen MR) is 50.2 cm³/mol. The van der Waals surface area contributed by atoms with E-state index in [1.807, 2.05) is 0 Å². The highest BCUT2D eigenvalue weighted by molar-refractivity contribution is 6.33. The van der Waals surface area contributed by atoms with Crippen molar-refractivity contribution in [3.8, 4) is 0 Å². The van der Waals surface area contributed by atoms with Crippen LogP contribution in [0, 0.1) is 0 Å².